The first kappa shape index (κ1) is 15.8. The van der Waals surface area contributed by atoms with Gasteiger partial charge in [0.15, 0.2) is 0 Å². The van der Waals surface area contributed by atoms with Gasteiger partial charge in [-0.15, -0.1) is 0 Å². The Morgan fingerprint density at radius 2 is 1.04 bits per heavy atom. The first-order chi connectivity index (χ1) is 11.3. The topological polar surface area (TPSA) is 17.1 Å². The molecule has 0 unspecified atom stereocenters. The SMILES string of the molecule is O=P(CCCc1ccccc1)(c1ccccc1)c1ccccc1. The summed E-state index contributed by atoms with van der Waals surface area (Å²) >= 11 is 0. The molecule has 1 nitrogen and oxygen atoms in total. The lowest BCUT2D eigenvalue weighted by atomic mass is 10.1. The molecule has 2 heteroatoms. The van der Waals surface area contributed by atoms with Crippen molar-refractivity contribution in [3.05, 3.63) is 96.6 Å². The van der Waals surface area contributed by atoms with E-state index < -0.39 is 7.14 Å². The van der Waals surface area contributed by atoms with E-state index in [1.807, 2.05) is 66.7 Å². The van der Waals surface area contributed by atoms with E-state index in [4.69, 9.17) is 0 Å². The van der Waals surface area contributed by atoms with Gasteiger partial charge in [-0.25, -0.2) is 0 Å². The molecular formula is C21H21OP. The minimum atomic E-state index is -2.56. The summed E-state index contributed by atoms with van der Waals surface area (Å²) < 4.78 is 13.8. The molecule has 0 saturated heterocycles. The minimum absolute atomic E-state index is 0.704. The van der Waals surface area contributed by atoms with Gasteiger partial charge in [0.1, 0.15) is 7.14 Å². The molecule has 116 valence electrons. The first-order valence-electron chi connectivity index (χ1n) is 8.03. The Kier molecular flexibility index (Phi) is 5.10. The normalized spacial score (nSPS) is 11.3. The van der Waals surface area contributed by atoms with Crippen LogP contribution in [-0.2, 0) is 11.0 Å². The van der Waals surface area contributed by atoms with Gasteiger partial charge in [-0.2, -0.15) is 0 Å². The molecule has 0 aliphatic carbocycles. The number of aryl methyl sites for hydroxylation is 1. The first-order valence-corrected chi connectivity index (χ1v) is 9.92. The summed E-state index contributed by atoms with van der Waals surface area (Å²) in [6.07, 6.45) is 2.59. The number of hydrogen-bond donors (Lipinski definition) is 0. The Hall–Kier alpha value is -2.11. The summed E-state index contributed by atoms with van der Waals surface area (Å²) in [5, 5.41) is 1.92. The van der Waals surface area contributed by atoms with Crippen LogP contribution >= 0.6 is 7.14 Å². The highest BCUT2D eigenvalue weighted by Gasteiger charge is 2.26. The van der Waals surface area contributed by atoms with Gasteiger partial charge in [0, 0.05) is 16.8 Å². The average Bonchev–Trinajstić information content (AvgIpc) is 2.64. The molecule has 3 aromatic carbocycles. The van der Waals surface area contributed by atoms with Gasteiger partial charge >= 0.3 is 0 Å². The van der Waals surface area contributed by atoms with E-state index in [9.17, 15) is 4.57 Å². The maximum absolute atomic E-state index is 13.8. The molecule has 0 atom stereocenters. The summed E-state index contributed by atoms with van der Waals surface area (Å²) in [5.74, 6) is 0. The molecule has 3 aromatic rings. The highest BCUT2D eigenvalue weighted by atomic mass is 31.2. The summed E-state index contributed by atoms with van der Waals surface area (Å²) in [4.78, 5) is 0. The Balaban J connectivity index is 1.83. The van der Waals surface area contributed by atoms with Crippen LogP contribution in [0.4, 0.5) is 0 Å². The van der Waals surface area contributed by atoms with Crippen molar-refractivity contribution >= 4 is 17.8 Å². The van der Waals surface area contributed by atoms with Crippen LogP contribution in [0.1, 0.15) is 12.0 Å². The monoisotopic (exact) mass is 320 g/mol. The zero-order chi connectivity index (χ0) is 16.0. The maximum Gasteiger partial charge on any atom is 0.143 e. The predicted octanol–water partition coefficient (Wildman–Crippen LogP) is 4.63. The number of rotatable bonds is 6. The van der Waals surface area contributed by atoms with E-state index in [1.54, 1.807) is 0 Å². The van der Waals surface area contributed by atoms with Gasteiger partial charge < -0.3 is 4.57 Å². The summed E-state index contributed by atoms with van der Waals surface area (Å²) in [7, 11) is -2.56. The highest BCUT2D eigenvalue weighted by Crippen LogP contribution is 2.44. The third-order valence-electron chi connectivity index (χ3n) is 4.13. The fourth-order valence-electron chi connectivity index (χ4n) is 2.90. The number of benzene rings is 3. The average molecular weight is 320 g/mol. The molecule has 0 spiro atoms. The van der Waals surface area contributed by atoms with Crippen molar-refractivity contribution in [2.45, 2.75) is 12.8 Å². The molecule has 0 aliphatic heterocycles. The molecule has 0 fully saturated rings. The van der Waals surface area contributed by atoms with Crippen molar-refractivity contribution in [1.29, 1.82) is 0 Å². The molecular weight excluding hydrogens is 299 g/mol. The van der Waals surface area contributed by atoms with Crippen molar-refractivity contribution in [3.8, 4) is 0 Å². The van der Waals surface area contributed by atoms with E-state index in [2.05, 4.69) is 24.3 Å². The van der Waals surface area contributed by atoms with Gasteiger partial charge in [0.25, 0.3) is 0 Å². The fraction of sp³-hybridized carbons (Fsp3) is 0.143. The zero-order valence-electron chi connectivity index (χ0n) is 13.1. The molecule has 0 aliphatic rings. The van der Waals surface area contributed by atoms with E-state index in [0.717, 1.165) is 23.5 Å². The van der Waals surface area contributed by atoms with Crippen molar-refractivity contribution in [2.24, 2.45) is 0 Å². The zero-order valence-corrected chi connectivity index (χ0v) is 14.0. The summed E-state index contributed by atoms with van der Waals surface area (Å²) in [6, 6.07) is 30.3. The van der Waals surface area contributed by atoms with Crippen molar-refractivity contribution in [1.82, 2.24) is 0 Å². The van der Waals surface area contributed by atoms with E-state index in [-0.39, 0.29) is 0 Å². The Bertz CT molecular complexity index is 723. The van der Waals surface area contributed by atoms with Crippen LogP contribution in [-0.4, -0.2) is 6.16 Å². The van der Waals surface area contributed by atoms with Crippen LogP contribution in [0.25, 0.3) is 0 Å². The van der Waals surface area contributed by atoms with Gasteiger partial charge in [0.05, 0.1) is 0 Å². The van der Waals surface area contributed by atoms with Crippen LogP contribution in [0.3, 0.4) is 0 Å². The van der Waals surface area contributed by atoms with Gasteiger partial charge in [-0.05, 0) is 18.4 Å². The van der Waals surface area contributed by atoms with E-state index in [1.165, 1.54) is 5.56 Å². The summed E-state index contributed by atoms with van der Waals surface area (Å²) in [5.41, 5.74) is 1.31. The van der Waals surface area contributed by atoms with Gasteiger partial charge in [-0.3, -0.25) is 0 Å². The van der Waals surface area contributed by atoms with E-state index in [0.29, 0.717) is 6.16 Å². The van der Waals surface area contributed by atoms with Gasteiger partial charge in [-0.1, -0.05) is 91.0 Å². The molecule has 0 N–H and O–H groups in total. The smallest absolute Gasteiger partial charge is 0.143 e. The molecule has 0 aromatic heterocycles. The lowest BCUT2D eigenvalue weighted by molar-refractivity contribution is 0.585. The quantitative estimate of drug-likeness (QED) is 0.605. The molecule has 23 heavy (non-hydrogen) atoms. The Morgan fingerprint density at radius 1 is 0.609 bits per heavy atom. The van der Waals surface area contributed by atoms with Crippen LogP contribution < -0.4 is 10.6 Å². The lowest BCUT2D eigenvalue weighted by Gasteiger charge is -2.19. The number of hydrogen-bond acceptors (Lipinski definition) is 1. The molecule has 0 heterocycles. The van der Waals surface area contributed by atoms with Crippen molar-refractivity contribution < 1.29 is 4.57 Å². The second kappa shape index (κ2) is 7.44. The molecule has 0 bridgehead atoms. The minimum Gasteiger partial charge on any atom is -0.314 e. The maximum atomic E-state index is 13.8. The molecule has 3 rings (SSSR count). The lowest BCUT2D eigenvalue weighted by Crippen LogP contribution is -2.18. The largest absolute Gasteiger partial charge is 0.314 e. The van der Waals surface area contributed by atoms with Crippen LogP contribution in [0.5, 0.6) is 0 Å². The predicted molar refractivity (Wildman–Crippen MR) is 99.4 cm³/mol. The molecule has 0 amide bonds. The van der Waals surface area contributed by atoms with Crippen molar-refractivity contribution in [2.75, 3.05) is 6.16 Å². The van der Waals surface area contributed by atoms with Crippen LogP contribution in [0.2, 0.25) is 0 Å². The second-order valence-corrected chi connectivity index (χ2v) is 8.68. The standard InChI is InChI=1S/C21H21OP/c22-23(20-14-6-2-7-15-20,21-16-8-3-9-17-21)18-10-13-19-11-4-1-5-12-19/h1-9,11-12,14-17H,10,13,18H2. The van der Waals surface area contributed by atoms with Crippen molar-refractivity contribution in [3.63, 3.8) is 0 Å². The van der Waals surface area contributed by atoms with E-state index >= 15 is 0 Å². The third kappa shape index (κ3) is 3.81. The van der Waals surface area contributed by atoms with Crippen LogP contribution in [0, 0.1) is 0 Å². The molecule has 0 saturated carbocycles. The Morgan fingerprint density at radius 3 is 1.52 bits per heavy atom. The highest BCUT2D eigenvalue weighted by molar-refractivity contribution is 7.78. The molecule has 0 radical (unpaired) electrons. The third-order valence-corrected chi connectivity index (χ3v) is 7.34. The summed E-state index contributed by atoms with van der Waals surface area (Å²) in [6.45, 7) is 0. The van der Waals surface area contributed by atoms with Crippen LogP contribution in [0.15, 0.2) is 91.0 Å². The second-order valence-electron chi connectivity index (χ2n) is 5.72. The van der Waals surface area contributed by atoms with Gasteiger partial charge in [0.2, 0.25) is 0 Å². The fourth-order valence-corrected chi connectivity index (χ4v) is 5.62. The Labute approximate surface area is 138 Å².